The van der Waals surface area contributed by atoms with Crippen LogP contribution in [-0.4, -0.2) is 30.6 Å². The molecule has 1 aliphatic carbocycles. The highest BCUT2D eigenvalue weighted by molar-refractivity contribution is 6.30. The van der Waals surface area contributed by atoms with Crippen LogP contribution in [0, 0.1) is 6.92 Å². The topological polar surface area (TPSA) is 86.0 Å². The van der Waals surface area contributed by atoms with Gasteiger partial charge in [-0.25, -0.2) is 15.0 Å². The molecule has 1 saturated carbocycles. The van der Waals surface area contributed by atoms with Crippen LogP contribution < -0.4 is 4.90 Å². The van der Waals surface area contributed by atoms with Crippen LogP contribution in [0.25, 0.3) is 10.9 Å². The van der Waals surface area contributed by atoms with Crippen molar-refractivity contribution in [1.29, 1.82) is 0 Å². The lowest BCUT2D eigenvalue weighted by Crippen LogP contribution is -2.31. The molecule has 0 radical (unpaired) electrons. The zero-order valence-corrected chi connectivity index (χ0v) is 22.4. The van der Waals surface area contributed by atoms with Crippen molar-refractivity contribution in [3.8, 4) is 0 Å². The molecule has 37 heavy (non-hydrogen) atoms. The van der Waals surface area contributed by atoms with Gasteiger partial charge in [0.15, 0.2) is 0 Å². The summed E-state index contributed by atoms with van der Waals surface area (Å²) in [5.41, 5.74) is 5.78. The molecule has 0 saturated heterocycles. The van der Waals surface area contributed by atoms with Gasteiger partial charge in [-0.1, -0.05) is 37.6 Å². The van der Waals surface area contributed by atoms with Gasteiger partial charge in [0.05, 0.1) is 42.2 Å². The van der Waals surface area contributed by atoms with Gasteiger partial charge < -0.3 is 9.64 Å². The number of carbonyl (C=O) groups is 1. The van der Waals surface area contributed by atoms with E-state index < -0.39 is 0 Å². The van der Waals surface area contributed by atoms with Gasteiger partial charge in [-0.05, 0) is 43.9 Å². The van der Waals surface area contributed by atoms with E-state index in [2.05, 4.69) is 20.1 Å². The normalized spacial score (nSPS) is 14.3. The van der Waals surface area contributed by atoms with Gasteiger partial charge in [0, 0.05) is 42.0 Å². The highest BCUT2D eigenvalue weighted by Crippen LogP contribution is 2.38. The number of aromatic nitrogens is 5. The fourth-order valence-electron chi connectivity index (χ4n) is 4.59. The number of pyridine rings is 1. The van der Waals surface area contributed by atoms with Crippen molar-refractivity contribution in [2.24, 2.45) is 0 Å². The number of benzene rings is 1. The fourth-order valence-corrected chi connectivity index (χ4v) is 4.85. The van der Waals surface area contributed by atoms with Crippen LogP contribution >= 0.6 is 11.6 Å². The summed E-state index contributed by atoms with van der Waals surface area (Å²) in [4.78, 5) is 29.0. The smallest absolute Gasteiger partial charge is 0.261 e. The maximum absolute atomic E-state index is 13.7. The molecule has 0 N–H and O–H groups in total. The zero-order valence-electron chi connectivity index (χ0n) is 21.7. The number of nitrogens with zero attached hydrogens (tertiary/aromatic N) is 6. The van der Waals surface area contributed by atoms with Crippen molar-refractivity contribution in [1.82, 2.24) is 24.7 Å². The average Bonchev–Trinajstić information content (AvgIpc) is 3.53. The van der Waals surface area contributed by atoms with Gasteiger partial charge in [0.1, 0.15) is 11.0 Å². The Balaban J connectivity index is 0.00000137. The summed E-state index contributed by atoms with van der Waals surface area (Å²) in [6.45, 7) is 10.0. The maximum atomic E-state index is 13.7. The molecule has 192 valence electrons. The molecule has 1 amide bonds. The summed E-state index contributed by atoms with van der Waals surface area (Å²) in [6.07, 6.45) is 7.42. The van der Waals surface area contributed by atoms with Crippen molar-refractivity contribution in [2.45, 2.75) is 72.8 Å². The van der Waals surface area contributed by atoms with E-state index in [1.807, 2.05) is 56.8 Å². The third-order valence-electron chi connectivity index (χ3n) is 6.69. The van der Waals surface area contributed by atoms with Crippen molar-refractivity contribution >= 4 is 34.1 Å². The predicted octanol–water partition coefficient (Wildman–Crippen LogP) is 5.98. The molecular formula is C28H31ClN6O2. The van der Waals surface area contributed by atoms with Gasteiger partial charge >= 0.3 is 0 Å². The molecule has 9 heteroatoms. The first-order valence-corrected chi connectivity index (χ1v) is 13.2. The van der Waals surface area contributed by atoms with Crippen molar-refractivity contribution < 1.29 is 9.53 Å². The Hall–Kier alpha value is -3.36. The van der Waals surface area contributed by atoms with E-state index in [4.69, 9.17) is 16.3 Å². The van der Waals surface area contributed by atoms with Gasteiger partial charge in [0.25, 0.3) is 5.91 Å². The summed E-state index contributed by atoms with van der Waals surface area (Å²) in [5, 5.41) is 6.07. The number of carbonyl (C=O) groups excluding carboxylic acids is 1. The van der Waals surface area contributed by atoms with Crippen molar-refractivity contribution in [3.05, 3.63) is 75.7 Å². The quantitative estimate of drug-likeness (QED) is 0.292. The summed E-state index contributed by atoms with van der Waals surface area (Å²) in [7, 11) is 0. The largest absolute Gasteiger partial charge is 0.372 e. The Kier molecular flexibility index (Phi) is 7.22. The number of fused-ring (bicyclic) bond motifs is 3. The second kappa shape index (κ2) is 10.6. The average molecular weight is 519 g/mol. The van der Waals surface area contributed by atoms with Crippen LogP contribution in [0.5, 0.6) is 0 Å². The number of rotatable bonds is 6. The van der Waals surface area contributed by atoms with Gasteiger partial charge in [-0.15, -0.1) is 0 Å². The first-order chi connectivity index (χ1) is 18.0. The lowest BCUT2D eigenvalue weighted by atomic mass is 10.0. The van der Waals surface area contributed by atoms with Crippen LogP contribution in [0.3, 0.4) is 0 Å². The Morgan fingerprint density at radius 2 is 1.89 bits per heavy atom. The molecular weight excluding hydrogens is 488 g/mol. The van der Waals surface area contributed by atoms with E-state index in [9.17, 15) is 4.79 Å². The molecule has 2 aliphatic rings. The van der Waals surface area contributed by atoms with Crippen LogP contribution in [-0.2, 0) is 31.0 Å². The molecule has 1 aromatic carbocycles. The molecule has 0 bridgehead atoms. The molecule has 0 spiro atoms. The molecule has 6 rings (SSSR count). The zero-order chi connectivity index (χ0) is 26.1. The number of hydrogen-bond donors (Lipinski definition) is 0. The second-order valence-electron chi connectivity index (χ2n) is 9.15. The number of anilines is 1. The summed E-state index contributed by atoms with van der Waals surface area (Å²) >= 11 is 6.43. The van der Waals surface area contributed by atoms with E-state index in [1.54, 1.807) is 17.3 Å². The number of halogens is 1. The minimum Gasteiger partial charge on any atom is -0.372 e. The molecule has 3 aromatic heterocycles. The van der Waals surface area contributed by atoms with E-state index in [0.717, 1.165) is 57.6 Å². The van der Waals surface area contributed by atoms with Crippen LogP contribution in [0.4, 0.5) is 5.69 Å². The molecule has 1 aliphatic heterocycles. The van der Waals surface area contributed by atoms with E-state index in [0.29, 0.717) is 42.9 Å². The third-order valence-corrected chi connectivity index (χ3v) is 7.01. The summed E-state index contributed by atoms with van der Waals surface area (Å²) in [5.74, 6) is 1.08. The molecule has 0 atom stereocenters. The van der Waals surface area contributed by atoms with Gasteiger partial charge in [-0.3, -0.25) is 9.48 Å². The lowest BCUT2D eigenvalue weighted by molar-refractivity contribution is 0.0984. The molecule has 0 unspecified atom stereocenters. The Bertz CT molecular complexity index is 1450. The minimum atomic E-state index is -0.167. The fraction of sp³-hybridized carbons (Fsp3) is 0.393. The van der Waals surface area contributed by atoms with Crippen LogP contribution in [0.15, 0.2) is 36.8 Å². The van der Waals surface area contributed by atoms with Crippen molar-refractivity contribution in [2.75, 3.05) is 4.90 Å². The van der Waals surface area contributed by atoms with Crippen LogP contribution in [0.2, 0.25) is 5.15 Å². The molecule has 4 heterocycles. The highest BCUT2D eigenvalue weighted by Gasteiger charge is 2.28. The van der Waals surface area contributed by atoms with E-state index in [-0.39, 0.29) is 5.91 Å². The first kappa shape index (κ1) is 25.3. The Morgan fingerprint density at radius 1 is 1.16 bits per heavy atom. The van der Waals surface area contributed by atoms with Gasteiger partial charge in [-0.2, -0.15) is 5.10 Å². The number of aryl methyl sites for hydroxylation is 2. The Morgan fingerprint density at radius 3 is 2.57 bits per heavy atom. The highest BCUT2D eigenvalue weighted by atomic mass is 35.5. The lowest BCUT2D eigenvalue weighted by Gasteiger charge is -2.22. The van der Waals surface area contributed by atoms with E-state index in [1.165, 1.54) is 0 Å². The maximum Gasteiger partial charge on any atom is 0.261 e. The monoisotopic (exact) mass is 518 g/mol. The first-order valence-electron chi connectivity index (χ1n) is 12.9. The van der Waals surface area contributed by atoms with Crippen LogP contribution in [0.1, 0.15) is 78.1 Å². The number of ether oxygens (including phenoxy) is 1. The van der Waals surface area contributed by atoms with Gasteiger partial charge in [0.2, 0.25) is 0 Å². The van der Waals surface area contributed by atoms with Crippen molar-refractivity contribution in [3.63, 3.8) is 0 Å². The minimum absolute atomic E-state index is 0.167. The predicted molar refractivity (Wildman–Crippen MR) is 144 cm³/mol. The van der Waals surface area contributed by atoms with E-state index >= 15 is 0 Å². The number of hydrogen-bond acceptors (Lipinski definition) is 6. The SMILES string of the molecule is CC.CCn1cc(N(Cc2ccc3c4c(c(Cl)nc3c2)COC4)C(=O)c2cnc(C3CC3)nc2)c(C)n1. The second-order valence-corrected chi connectivity index (χ2v) is 9.51. The molecule has 4 aromatic rings. The molecule has 1 fully saturated rings. The summed E-state index contributed by atoms with van der Waals surface area (Å²) < 4.78 is 7.43. The Labute approximate surface area is 221 Å². The molecule has 8 nitrogen and oxygen atoms in total. The summed E-state index contributed by atoms with van der Waals surface area (Å²) in [6, 6.07) is 6.06. The standard InChI is InChI=1S/C26H25ClN6O2.C2H6/c1-3-32-12-23(15(2)31-32)33(26(34)18-9-28-25(29-10-18)17-5-6-17)11-16-4-7-19-20-13-35-14-21(20)24(27)30-22(19)8-16;1-2/h4,7-10,12,17H,3,5-6,11,13-14H2,1-2H3;1-2H3. The number of amides is 1. The third kappa shape index (κ3) is 4.95.